The van der Waals surface area contributed by atoms with Crippen LogP contribution in [0.1, 0.15) is 70.4 Å². The van der Waals surface area contributed by atoms with Gasteiger partial charge in [-0.15, -0.1) is 0 Å². The van der Waals surface area contributed by atoms with E-state index in [1.165, 1.54) is 78.7 Å². The fraction of sp³-hybridized carbons (Fsp3) is 0.500. The Labute approximate surface area is 392 Å². The molecule has 0 bridgehead atoms. The molecule has 0 aliphatic carbocycles. The van der Waals surface area contributed by atoms with Crippen LogP contribution in [0.3, 0.4) is 0 Å². The third kappa shape index (κ3) is 19.2. The van der Waals surface area contributed by atoms with Crippen molar-refractivity contribution < 1.29 is 51.8 Å². The molecule has 1 unspecified atom stereocenters. The number of fused-ring (bicyclic) bond motifs is 2. The van der Waals surface area contributed by atoms with Crippen LogP contribution in [0.25, 0.3) is 22.3 Å². The van der Waals surface area contributed by atoms with Crippen LogP contribution >= 0.6 is 15.2 Å². The lowest BCUT2D eigenvalue weighted by atomic mass is 10.2. The first kappa shape index (κ1) is 54.5. The van der Waals surface area contributed by atoms with Crippen molar-refractivity contribution in [3.05, 3.63) is 84.4 Å². The maximum Gasteiger partial charge on any atom is 0.356 e. The van der Waals surface area contributed by atoms with Crippen molar-refractivity contribution in [1.82, 2.24) is 39.0 Å². The number of nitrogens with two attached hydrogens (primary N) is 2. The molecule has 0 saturated carbocycles. The van der Waals surface area contributed by atoms with Crippen LogP contribution in [0.15, 0.2) is 73.3 Å². The van der Waals surface area contributed by atoms with Crippen LogP contribution < -0.4 is 30.7 Å². The fourth-order valence-corrected chi connectivity index (χ4v) is 8.05. The van der Waals surface area contributed by atoms with Gasteiger partial charge in [0.2, 0.25) is 23.7 Å². The average molecular weight is 972 g/mol. The van der Waals surface area contributed by atoms with E-state index in [4.69, 9.17) is 44.4 Å². The van der Waals surface area contributed by atoms with E-state index in [-0.39, 0.29) is 57.1 Å². The van der Waals surface area contributed by atoms with Crippen molar-refractivity contribution in [2.75, 3.05) is 71.2 Å². The number of unbranched alkanes of at least 4 members (excludes halogenated alkanes) is 3. The van der Waals surface area contributed by atoms with Gasteiger partial charge >= 0.3 is 7.60 Å². The van der Waals surface area contributed by atoms with Crippen molar-refractivity contribution in [2.24, 2.45) is 0 Å². The number of nitrogens with zero attached hydrogens (tertiary/aromatic N) is 8. The molecule has 0 fully saturated rings. The van der Waals surface area contributed by atoms with Gasteiger partial charge in [0, 0.05) is 13.1 Å². The molecule has 6 rings (SSSR count). The number of hydrogen-bond acceptors (Lipinski definition) is 17. The maximum absolute atomic E-state index is 13.4. The van der Waals surface area contributed by atoms with Gasteiger partial charge in [-0.2, -0.15) is 19.9 Å². The van der Waals surface area contributed by atoms with Crippen molar-refractivity contribution in [3.8, 4) is 11.8 Å². The highest BCUT2D eigenvalue weighted by Gasteiger charge is 2.26. The minimum Gasteiger partial charge on any atom is -0.777 e. The van der Waals surface area contributed by atoms with Gasteiger partial charge in [0.05, 0.1) is 72.9 Å². The van der Waals surface area contributed by atoms with Crippen molar-refractivity contribution in [3.63, 3.8) is 0 Å². The molecule has 21 nitrogen and oxygen atoms in total. The summed E-state index contributed by atoms with van der Waals surface area (Å²) in [6.07, 6.45) is 10.4. The van der Waals surface area contributed by atoms with Gasteiger partial charge in [-0.25, -0.2) is 9.97 Å². The Balaban J connectivity index is 0.000000251. The number of quaternary nitrogens is 1. The van der Waals surface area contributed by atoms with Gasteiger partial charge < -0.3 is 67.8 Å². The molecule has 67 heavy (non-hydrogen) atoms. The van der Waals surface area contributed by atoms with Gasteiger partial charge in [0.1, 0.15) is 12.7 Å². The molecular formula is C44H67N11O10P2. The second-order valence-corrected chi connectivity index (χ2v) is 18.8. The van der Waals surface area contributed by atoms with Gasteiger partial charge in [-0.3, -0.25) is 4.57 Å². The first-order valence-electron chi connectivity index (χ1n) is 22.3. The molecule has 23 heteroatoms. The third-order valence-corrected chi connectivity index (χ3v) is 12.0. The SMILES string of the molecule is CCCC[NH+](CCCC)CCCC.COc1nc(N)nc2c1ncn2CCOCP(=O)(OCc1ccccc1)OCc1ccccc1.COc1nc(N)nc2c1ncn2CCOCP(=O)([O-])O. The predicted molar refractivity (Wildman–Crippen MR) is 254 cm³/mol. The smallest absolute Gasteiger partial charge is 0.356 e. The zero-order valence-corrected chi connectivity index (χ0v) is 41.0. The van der Waals surface area contributed by atoms with Gasteiger partial charge in [0.25, 0.3) is 0 Å². The van der Waals surface area contributed by atoms with E-state index in [1.54, 1.807) is 15.5 Å². The lowest BCUT2D eigenvalue weighted by Gasteiger charge is -2.19. The topological polar surface area (TPSA) is 276 Å². The van der Waals surface area contributed by atoms with Crippen molar-refractivity contribution in [1.29, 1.82) is 0 Å². The standard InChI is InChI=1S/C23H26N5O5P.C12H27N.C9H14N5O5P/c1-30-22-20-21(26-23(24)27-22)28(16-25-20)12-13-31-17-34(29,32-14-18-8-4-2-5-9-18)33-15-19-10-6-3-7-11-19;1-4-7-10-13(11-8-5-2)12-9-6-3;1-18-8-6-7(12-9(10)13-8)14(4-11-6)2-3-19-5-20(15,16)17/h2-11,16H,12-15,17H2,1H3,(H2,24,26,27);4-12H2,1-3H3;4H,2-3,5H2,1H3,(H2,10,12,13)(H2,15,16,17). The Morgan fingerprint density at radius 1 is 0.642 bits per heavy atom. The molecule has 368 valence electrons. The lowest BCUT2D eigenvalue weighted by molar-refractivity contribution is -0.900. The monoisotopic (exact) mass is 971 g/mol. The Morgan fingerprint density at radius 2 is 1.04 bits per heavy atom. The maximum atomic E-state index is 13.4. The van der Waals surface area contributed by atoms with E-state index in [9.17, 15) is 14.0 Å². The Hall–Kier alpha value is -5.08. The first-order chi connectivity index (χ1) is 32.3. The highest BCUT2D eigenvalue weighted by Crippen LogP contribution is 2.49. The molecule has 0 radical (unpaired) electrons. The molecule has 4 heterocycles. The van der Waals surface area contributed by atoms with Gasteiger partial charge in [0.15, 0.2) is 29.9 Å². The van der Waals surface area contributed by atoms with E-state index < -0.39 is 21.5 Å². The highest BCUT2D eigenvalue weighted by atomic mass is 31.2. The molecule has 4 aromatic heterocycles. The second kappa shape index (κ2) is 29.0. The summed E-state index contributed by atoms with van der Waals surface area (Å²) in [6, 6.07) is 19.0. The predicted octanol–water partition coefficient (Wildman–Crippen LogP) is 5.23. The minimum atomic E-state index is -4.40. The summed E-state index contributed by atoms with van der Waals surface area (Å²) in [5.74, 6) is 0.679. The molecule has 0 spiro atoms. The number of nitrogens with one attached hydrogen (secondary N) is 1. The number of nitrogen functional groups attached to an aromatic ring is 2. The number of hydrogen-bond donors (Lipinski definition) is 4. The first-order valence-corrected chi connectivity index (χ1v) is 25.8. The van der Waals surface area contributed by atoms with Crippen LogP contribution in [-0.2, 0) is 54.0 Å². The molecule has 0 aliphatic heterocycles. The second-order valence-electron chi connectivity index (χ2n) is 15.3. The summed E-state index contributed by atoms with van der Waals surface area (Å²) in [7, 11) is -5.01. The number of benzene rings is 2. The van der Waals surface area contributed by atoms with E-state index in [0.717, 1.165) is 11.1 Å². The third-order valence-electron chi connectivity index (χ3n) is 9.94. The molecular weight excluding hydrogens is 904 g/mol. The highest BCUT2D eigenvalue weighted by molar-refractivity contribution is 7.53. The molecule has 0 aliphatic rings. The molecule has 0 saturated heterocycles. The van der Waals surface area contributed by atoms with Gasteiger partial charge in [-0.1, -0.05) is 101 Å². The van der Waals surface area contributed by atoms with E-state index in [0.29, 0.717) is 34.8 Å². The fourth-order valence-electron chi connectivity index (χ4n) is 6.42. The summed E-state index contributed by atoms with van der Waals surface area (Å²) < 4.78 is 59.6. The number of rotatable bonds is 27. The Morgan fingerprint density at radius 3 is 1.42 bits per heavy atom. The van der Waals surface area contributed by atoms with Crippen LogP contribution in [0, 0.1) is 0 Å². The summed E-state index contributed by atoms with van der Waals surface area (Å²) in [5.41, 5.74) is 15.0. The molecule has 0 amide bonds. The van der Waals surface area contributed by atoms with Crippen LogP contribution in [-0.4, -0.2) is 104 Å². The Kier molecular flexibility index (Phi) is 23.6. The Bertz CT molecular complexity index is 2360. The quantitative estimate of drug-likeness (QED) is 0.0380. The molecule has 1 atom stereocenters. The minimum absolute atomic E-state index is 0.0384. The number of anilines is 2. The summed E-state index contributed by atoms with van der Waals surface area (Å²) in [5, 5.41) is 0. The lowest BCUT2D eigenvalue weighted by Crippen LogP contribution is -3.12. The van der Waals surface area contributed by atoms with Crippen molar-refractivity contribution >= 4 is 49.4 Å². The summed E-state index contributed by atoms with van der Waals surface area (Å²) in [4.78, 5) is 45.5. The zero-order valence-electron chi connectivity index (χ0n) is 39.2. The number of ether oxygens (including phenoxy) is 4. The zero-order chi connectivity index (χ0) is 48.5. The van der Waals surface area contributed by atoms with Gasteiger partial charge in [-0.05, 0) is 30.4 Å². The van der Waals surface area contributed by atoms with Crippen molar-refractivity contribution in [2.45, 2.75) is 85.6 Å². The average Bonchev–Trinajstić information content (AvgIpc) is 3.94. The van der Waals surface area contributed by atoms with E-state index >= 15 is 0 Å². The number of aromatic nitrogens is 8. The number of imidazole rings is 2. The summed E-state index contributed by atoms with van der Waals surface area (Å²) >= 11 is 0. The molecule has 2 aromatic carbocycles. The molecule has 6 N–H and O–H groups in total. The van der Waals surface area contributed by atoms with Crippen LogP contribution in [0.4, 0.5) is 11.9 Å². The van der Waals surface area contributed by atoms with E-state index in [1.807, 2.05) is 65.6 Å². The van der Waals surface area contributed by atoms with Crippen LogP contribution in [0.2, 0.25) is 0 Å². The normalized spacial score (nSPS) is 12.4. The summed E-state index contributed by atoms with van der Waals surface area (Å²) in [6.45, 7) is 12.3. The van der Waals surface area contributed by atoms with Crippen LogP contribution in [0.5, 0.6) is 11.8 Å². The van der Waals surface area contributed by atoms with E-state index in [2.05, 4.69) is 50.7 Å². The molecule has 6 aromatic rings. The largest absolute Gasteiger partial charge is 0.777 e. The number of methoxy groups -OCH3 is 2.